The number of ketones is 1. The third-order valence-electron chi connectivity index (χ3n) is 2.75. The predicted molar refractivity (Wildman–Crippen MR) is 83.3 cm³/mol. The van der Waals surface area contributed by atoms with Crippen LogP contribution >= 0.6 is 23.2 Å². The summed E-state index contributed by atoms with van der Waals surface area (Å²) in [5.41, 5.74) is 1.23. The molecule has 0 amide bonds. The number of ether oxygens (including phenoxy) is 1. The van der Waals surface area contributed by atoms with Gasteiger partial charge in [0.25, 0.3) is 0 Å². The Morgan fingerprint density at radius 3 is 2.71 bits per heavy atom. The van der Waals surface area contributed by atoms with Crippen LogP contribution < -0.4 is 4.74 Å². The van der Waals surface area contributed by atoms with E-state index in [1.807, 2.05) is 0 Å². The van der Waals surface area contributed by atoms with E-state index >= 15 is 0 Å². The number of carbonyl (C=O) groups is 1. The maximum absolute atomic E-state index is 11.6. The fourth-order valence-electron chi connectivity index (χ4n) is 1.70. The monoisotopic (exact) mass is 322 g/mol. The van der Waals surface area contributed by atoms with E-state index in [1.54, 1.807) is 42.5 Å². The predicted octanol–water partition coefficient (Wildman–Crippen LogP) is 4.83. The second-order valence-corrected chi connectivity index (χ2v) is 5.08. The lowest BCUT2D eigenvalue weighted by atomic mass is 10.1. The molecule has 2 rings (SSSR count). The molecule has 2 aromatic rings. The Balaban J connectivity index is 2.10. The summed E-state index contributed by atoms with van der Waals surface area (Å²) >= 11 is 11.9. The van der Waals surface area contributed by atoms with Crippen LogP contribution in [0.2, 0.25) is 10.0 Å². The quantitative estimate of drug-likeness (QED) is 0.487. The maximum atomic E-state index is 11.6. The third-order valence-corrected chi connectivity index (χ3v) is 3.34. The molecule has 3 nitrogen and oxygen atoms in total. The number of hydrogen-bond acceptors (Lipinski definition) is 3. The van der Waals surface area contributed by atoms with Gasteiger partial charge in [-0.2, -0.15) is 0 Å². The van der Waals surface area contributed by atoms with Gasteiger partial charge >= 0.3 is 0 Å². The molecule has 0 spiro atoms. The fraction of sp³-hybridized carbons (Fsp3) is 0.0625. The lowest BCUT2D eigenvalue weighted by Gasteiger charge is -2.09. The van der Waals surface area contributed by atoms with E-state index in [2.05, 4.69) is 0 Å². The average Bonchev–Trinajstić information content (AvgIpc) is 2.47. The molecule has 0 aliphatic carbocycles. The summed E-state index contributed by atoms with van der Waals surface area (Å²) in [6, 6.07) is 11.9. The number of aliphatic hydroxyl groups is 1. The van der Waals surface area contributed by atoms with Crippen molar-refractivity contribution in [2.24, 2.45) is 0 Å². The van der Waals surface area contributed by atoms with Crippen LogP contribution in [0.15, 0.2) is 54.8 Å². The number of benzene rings is 2. The highest BCUT2D eigenvalue weighted by atomic mass is 35.5. The zero-order chi connectivity index (χ0) is 15.2. The topological polar surface area (TPSA) is 46.5 Å². The van der Waals surface area contributed by atoms with E-state index in [-0.39, 0.29) is 12.4 Å². The number of rotatable bonds is 5. The molecule has 108 valence electrons. The van der Waals surface area contributed by atoms with Crippen molar-refractivity contribution in [3.05, 3.63) is 76.0 Å². The van der Waals surface area contributed by atoms with Crippen LogP contribution in [-0.2, 0) is 6.61 Å². The van der Waals surface area contributed by atoms with Crippen molar-refractivity contribution in [2.45, 2.75) is 6.61 Å². The molecular weight excluding hydrogens is 311 g/mol. The van der Waals surface area contributed by atoms with Crippen molar-refractivity contribution in [1.82, 2.24) is 0 Å². The lowest BCUT2D eigenvalue weighted by Crippen LogP contribution is -1.99. The molecule has 0 aliphatic rings. The van der Waals surface area contributed by atoms with E-state index in [9.17, 15) is 4.79 Å². The van der Waals surface area contributed by atoms with Crippen LogP contribution in [0.25, 0.3) is 0 Å². The van der Waals surface area contributed by atoms with E-state index in [0.717, 1.165) is 11.6 Å². The van der Waals surface area contributed by atoms with Crippen LogP contribution in [0.1, 0.15) is 15.9 Å². The Labute approximate surface area is 132 Å². The summed E-state index contributed by atoms with van der Waals surface area (Å²) in [5, 5.41) is 9.70. The molecule has 0 atom stereocenters. The van der Waals surface area contributed by atoms with Crippen LogP contribution in [0.5, 0.6) is 5.75 Å². The van der Waals surface area contributed by atoms with Gasteiger partial charge in [0.1, 0.15) is 12.4 Å². The molecule has 5 heteroatoms. The number of carbonyl (C=O) groups excluding carboxylic acids is 1. The molecule has 0 saturated carbocycles. The van der Waals surface area contributed by atoms with Crippen molar-refractivity contribution in [3.8, 4) is 5.75 Å². The Morgan fingerprint density at radius 2 is 2.00 bits per heavy atom. The maximum Gasteiger partial charge on any atom is 0.189 e. The standard InChI is InChI=1S/C16H12Cl2O3/c17-13-5-4-12(15(18)9-13)10-21-14-3-1-2-11(8-14)16(20)6-7-19/h1-9,19H,10H2/b7-6+. The van der Waals surface area contributed by atoms with Gasteiger partial charge in [-0.25, -0.2) is 0 Å². The summed E-state index contributed by atoms with van der Waals surface area (Å²) < 4.78 is 5.62. The molecule has 21 heavy (non-hydrogen) atoms. The van der Waals surface area contributed by atoms with Gasteiger partial charge in [0.2, 0.25) is 0 Å². The zero-order valence-electron chi connectivity index (χ0n) is 10.9. The smallest absolute Gasteiger partial charge is 0.189 e. The van der Waals surface area contributed by atoms with Crippen LogP contribution in [-0.4, -0.2) is 10.9 Å². The highest BCUT2D eigenvalue weighted by molar-refractivity contribution is 6.35. The van der Waals surface area contributed by atoms with Gasteiger partial charge in [-0.3, -0.25) is 4.79 Å². The van der Waals surface area contributed by atoms with E-state index in [4.69, 9.17) is 33.0 Å². The Morgan fingerprint density at radius 1 is 1.19 bits per heavy atom. The molecule has 0 heterocycles. The highest BCUT2D eigenvalue weighted by Gasteiger charge is 2.05. The number of hydrogen-bond donors (Lipinski definition) is 1. The summed E-state index contributed by atoms with van der Waals surface area (Å²) in [6.45, 7) is 0.267. The van der Waals surface area contributed by atoms with E-state index in [0.29, 0.717) is 27.6 Å². The van der Waals surface area contributed by atoms with Gasteiger partial charge in [0.15, 0.2) is 5.78 Å². The number of aliphatic hydroxyl groups excluding tert-OH is 1. The molecule has 1 N–H and O–H groups in total. The third kappa shape index (κ3) is 4.25. The number of halogens is 2. The number of allylic oxidation sites excluding steroid dienone is 1. The molecule has 0 aromatic heterocycles. The largest absolute Gasteiger partial charge is 0.515 e. The Kier molecular flexibility index (Phi) is 5.26. The lowest BCUT2D eigenvalue weighted by molar-refractivity contribution is 0.104. The zero-order valence-corrected chi connectivity index (χ0v) is 12.4. The SMILES string of the molecule is O=C(/C=C/O)c1cccc(OCc2ccc(Cl)cc2Cl)c1. The van der Waals surface area contributed by atoms with Gasteiger partial charge in [-0.15, -0.1) is 0 Å². The molecule has 0 unspecified atom stereocenters. The molecule has 2 aromatic carbocycles. The summed E-state index contributed by atoms with van der Waals surface area (Å²) in [4.78, 5) is 11.6. The van der Waals surface area contributed by atoms with Crippen molar-refractivity contribution < 1.29 is 14.6 Å². The first-order valence-electron chi connectivity index (χ1n) is 6.12. The van der Waals surface area contributed by atoms with Crippen LogP contribution in [0, 0.1) is 0 Å². The highest BCUT2D eigenvalue weighted by Crippen LogP contribution is 2.23. The summed E-state index contributed by atoms with van der Waals surface area (Å²) in [7, 11) is 0. The fourth-order valence-corrected chi connectivity index (χ4v) is 2.17. The first-order valence-corrected chi connectivity index (χ1v) is 6.87. The van der Waals surface area contributed by atoms with Crippen molar-refractivity contribution in [2.75, 3.05) is 0 Å². The van der Waals surface area contributed by atoms with Gasteiger partial charge in [0.05, 0.1) is 6.26 Å². The van der Waals surface area contributed by atoms with Crippen molar-refractivity contribution in [1.29, 1.82) is 0 Å². The first kappa shape index (κ1) is 15.4. The van der Waals surface area contributed by atoms with Crippen LogP contribution in [0.4, 0.5) is 0 Å². The first-order chi connectivity index (χ1) is 10.1. The van der Waals surface area contributed by atoms with Gasteiger partial charge < -0.3 is 9.84 Å². The summed E-state index contributed by atoms with van der Waals surface area (Å²) in [6.07, 6.45) is 1.79. The molecule has 0 saturated heterocycles. The summed E-state index contributed by atoms with van der Waals surface area (Å²) in [5.74, 6) is 0.241. The van der Waals surface area contributed by atoms with Gasteiger partial charge in [-0.05, 0) is 24.3 Å². The minimum absolute atomic E-state index is 0.267. The second kappa shape index (κ2) is 7.16. The Bertz CT molecular complexity index is 681. The molecule has 0 aliphatic heterocycles. The van der Waals surface area contributed by atoms with Gasteiger partial charge in [-0.1, -0.05) is 41.4 Å². The minimum Gasteiger partial charge on any atom is -0.515 e. The minimum atomic E-state index is -0.299. The second-order valence-electron chi connectivity index (χ2n) is 4.23. The van der Waals surface area contributed by atoms with Crippen molar-refractivity contribution in [3.63, 3.8) is 0 Å². The normalized spacial score (nSPS) is 10.8. The Hall–Kier alpha value is -1.97. The average molecular weight is 323 g/mol. The molecule has 0 fully saturated rings. The van der Waals surface area contributed by atoms with Gasteiger partial charge in [0, 0.05) is 27.2 Å². The molecule has 0 radical (unpaired) electrons. The van der Waals surface area contributed by atoms with E-state index < -0.39 is 0 Å². The van der Waals surface area contributed by atoms with Crippen LogP contribution in [0.3, 0.4) is 0 Å². The van der Waals surface area contributed by atoms with E-state index in [1.165, 1.54) is 0 Å². The molecule has 0 bridgehead atoms. The molecular formula is C16H12Cl2O3. The van der Waals surface area contributed by atoms with Crippen molar-refractivity contribution >= 4 is 29.0 Å².